The van der Waals surface area contributed by atoms with Gasteiger partial charge in [-0.05, 0) is 48.6 Å². The highest BCUT2D eigenvalue weighted by atomic mass is 35.5. The summed E-state index contributed by atoms with van der Waals surface area (Å²) in [6.45, 7) is 2.84. The predicted molar refractivity (Wildman–Crippen MR) is 113 cm³/mol. The maximum atomic E-state index is 13.3. The van der Waals surface area contributed by atoms with Gasteiger partial charge in [-0.15, -0.1) is 0 Å². The molecule has 1 saturated heterocycles. The fraction of sp³-hybridized carbons (Fsp3) is 0.409. The molecule has 6 heteroatoms. The molecule has 0 saturated carbocycles. The molecule has 1 aliphatic heterocycles. The third kappa shape index (κ3) is 5.24. The summed E-state index contributed by atoms with van der Waals surface area (Å²) in [5, 5.41) is 7.56. The lowest BCUT2D eigenvalue weighted by Crippen LogP contribution is -2.48. The van der Waals surface area contributed by atoms with E-state index >= 15 is 0 Å². The molecule has 0 radical (unpaired) electrons. The van der Waals surface area contributed by atoms with E-state index in [4.69, 9.17) is 16.3 Å². The molecule has 1 fully saturated rings. The summed E-state index contributed by atoms with van der Waals surface area (Å²) in [6.07, 6.45) is 2.54. The Labute approximate surface area is 171 Å². The Morgan fingerprint density at radius 2 is 1.93 bits per heavy atom. The number of rotatable bonds is 6. The zero-order valence-electron chi connectivity index (χ0n) is 16.2. The van der Waals surface area contributed by atoms with E-state index < -0.39 is 0 Å². The largest absolute Gasteiger partial charge is 0.381 e. The van der Waals surface area contributed by atoms with E-state index in [2.05, 4.69) is 21.7 Å². The molecule has 0 aliphatic carbocycles. The Hall–Kier alpha value is -2.11. The van der Waals surface area contributed by atoms with E-state index in [0.29, 0.717) is 6.54 Å². The van der Waals surface area contributed by atoms with E-state index in [-0.39, 0.29) is 11.2 Å². The fourth-order valence-corrected chi connectivity index (χ4v) is 4.02. The number of nitrogens with zero attached hydrogens (tertiary/aromatic N) is 1. The van der Waals surface area contributed by atoms with Gasteiger partial charge in [0, 0.05) is 43.8 Å². The Morgan fingerprint density at radius 1 is 1.14 bits per heavy atom. The van der Waals surface area contributed by atoms with Gasteiger partial charge in [-0.3, -0.25) is 4.99 Å². The molecule has 28 heavy (non-hydrogen) atoms. The Kier molecular flexibility index (Phi) is 7.29. The SMILES string of the molecule is CN=C(NCCc1cccc(F)c1)NCC1(c2ccccc2Cl)CCOCC1. The van der Waals surface area contributed by atoms with Crippen molar-refractivity contribution in [1.29, 1.82) is 0 Å². The number of aliphatic imine (C=N–C) groups is 1. The third-order valence-corrected chi connectivity index (χ3v) is 5.64. The van der Waals surface area contributed by atoms with Crippen LogP contribution in [0.2, 0.25) is 5.02 Å². The van der Waals surface area contributed by atoms with Crippen LogP contribution in [0.5, 0.6) is 0 Å². The molecule has 0 unspecified atom stereocenters. The second kappa shape index (κ2) is 9.89. The summed E-state index contributed by atoms with van der Waals surface area (Å²) in [7, 11) is 1.75. The highest BCUT2D eigenvalue weighted by Gasteiger charge is 2.36. The number of halogens is 2. The molecule has 0 spiro atoms. The van der Waals surface area contributed by atoms with Crippen molar-refractivity contribution < 1.29 is 9.13 Å². The molecule has 4 nitrogen and oxygen atoms in total. The van der Waals surface area contributed by atoms with Crippen molar-refractivity contribution in [3.05, 3.63) is 70.5 Å². The summed E-state index contributed by atoms with van der Waals surface area (Å²) < 4.78 is 18.9. The molecule has 2 aromatic rings. The van der Waals surface area contributed by atoms with Crippen molar-refractivity contribution in [3.63, 3.8) is 0 Å². The van der Waals surface area contributed by atoms with Crippen molar-refractivity contribution in [3.8, 4) is 0 Å². The average molecular weight is 404 g/mol. The minimum Gasteiger partial charge on any atom is -0.381 e. The van der Waals surface area contributed by atoms with Gasteiger partial charge in [-0.2, -0.15) is 0 Å². The number of benzene rings is 2. The predicted octanol–water partition coefficient (Wildman–Crippen LogP) is 3.94. The van der Waals surface area contributed by atoms with E-state index in [1.54, 1.807) is 19.2 Å². The monoisotopic (exact) mass is 403 g/mol. The second-order valence-corrected chi connectivity index (χ2v) is 7.51. The zero-order valence-corrected chi connectivity index (χ0v) is 16.9. The van der Waals surface area contributed by atoms with Crippen LogP contribution in [0.3, 0.4) is 0 Å². The highest BCUT2D eigenvalue weighted by Crippen LogP contribution is 2.38. The van der Waals surface area contributed by atoms with Crippen molar-refractivity contribution in [2.75, 3.05) is 33.4 Å². The summed E-state index contributed by atoms with van der Waals surface area (Å²) in [5.41, 5.74) is 2.03. The van der Waals surface area contributed by atoms with Gasteiger partial charge in [-0.1, -0.05) is 41.9 Å². The molecule has 150 valence electrons. The first-order chi connectivity index (χ1) is 13.6. The second-order valence-electron chi connectivity index (χ2n) is 7.11. The van der Waals surface area contributed by atoms with Crippen LogP contribution in [0.25, 0.3) is 0 Å². The number of ether oxygens (including phenoxy) is 1. The molecule has 3 rings (SSSR count). The summed E-state index contributed by atoms with van der Waals surface area (Å²) in [6, 6.07) is 14.7. The molecule has 1 heterocycles. The Balaban J connectivity index is 1.61. The summed E-state index contributed by atoms with van der Waals surface area (Å²) in [4.78, 5) is 4.32. The van der Waals surface area contributed by atoms with Gasteiger partial charge in [0.25, 0.3) is 0 Å². The normalized spacial score (nSPS) is 16.6. The van der Waals surface area contributed by atoms with Crippen LogP contribution in [0, 0.1) is 5.82 Å². The van der Waals surface area contributed by atoms with Gasteiger partial charge in [-0.25, -0.2) is 4.39 Å². The van der Waals surface area contributed by atoms with Crippen molar-refractivity contribution in [2.45, 2.75) is 24.7 Å². The molecule has 0 bridgehead atoms. The lowest BCUT2D eigenvalue weighted by Gasteiger charge is -2.38. The van der Waals surface area contributed by atoms with E-state index in [1.165, 1.54) is 6.07 Å². The van der Waals surface area contributed by atoms with E-state index in [9.17, 15) is 4.39 Å². The number of guanidine groups is 1. The summed E-state index contributed by atoms with van der Waals surface area (Å²) in [5.74, 6) is 0.524. The van der Waals surface area contributed by atoms with Crippen LogP contribution in [-0.4, -0.2) is 39.3 Å². The van der Waals surface area contributed by atoms with Crippen LogP contribution in [-0.2, 0) is 16.6 Å². The highest BCUT2D eigenvalue weighted by molar-refractivity contribution is 6.31. The maximum absolute atomic E-state index is 13.3. The Bertz CT molecular complexity index is 806. The van der Waals surface area contributed by atoms with Gasteiger partial charge in [0.2, 0.25) is 0 Å². The zero-order chi connectivity index (χ0) is 19.8. The minimum atomic E-state index is -0.207. The van der Waals surface area contributed by atoms with Crippen molar-refractivity contribution in [2.24, 2.45) is 4.99 Å². The van der Waals surface area contributed by atoms with Crippen LogP contribution in [0.15, 0.2) is 53.5 Å². The first-order valence-corrected chi connectivity index (χ1v) is 10.0. The quantitative estimate of drug-likeness (QED) is 0.567. The molecule has 2 aromatic carbocycles. The first-order valence-electron chi connectivity index (χ1n) is 9.65. The van der Waals surface area contributed by atoms with E-state index in [0.717, 1.165) is 61.1 Å². The molecular weight excluding hydrogens is 377 g/mol. The van der Waals surface area contributed by atoms with Crippen LogP contribution in [0.4, 0.5) is 4.39 Å². The fourth-order valence-electron chi connectivity index (χ4n) is 3.69. The Morgan fingerprint density at radius 3 is 2.64 bits per heavy atom. The smallest absolute Gasteiger partial charge is 0.191 e. The number of nitrogens with one attached hydrogen (secondary N) is 2. The molecule has 2 N–H and O–H groups in total. The molecule has 0 atom stereocenters. The number of hydrogen-bond donors (Lipinski definition) is 2. The van der Waals surface area contributed by atoms with Gasteiger partial charge in [0.15, 0.2) is 5.96 Å². The van der Waals surface area contributed by atoms with Crippen molar-refractivity contribution in [1.82, 2.24) is 10.6 Å². The van der Waals surface area contributed by atoms with Gasteiger partial charge < -0.3 is 15.4 Å². The van der Waals surface area contributed by atoms with Crippen molar-refractivity contribution >= 4 is 17.6 Å². The van der Waals surface area contributed by atoms with Gasteiger partial charge in [0.1, 0.15) is 5.82 Å². The summed E-state index contributed by atoms with van der Waals surface area (Å²) >= 11 is 6.52. The molecule has 1 aliphatic rings. The minimum absolute atomic E-state index is 0.0865. The number of hydrogen-bond acceptors (Lipinski definition) is 2. The van der Waals surface area contributed by atoms with Crippen LogP contribution < -0.4 is 10.6 Å². The molecule has 0 aromatic heterocycles. The standard InChI is InChI=1S/C22H27ClFN3O/c1-25-21(26-12-9-17-5-4-6-18(24)15-17)27-16-22(10-13-28-14-11-22)19-7-2-3-8-20(19)23/h2-8,15H,9-14,16H2,1H3,(H2,25,26,27). The van der Waals surface area contributed by atoms with Crippen LogP contribution >= 0.6 is 11.6 Å². The van der Waals surface area contributed by atoms with E-state index in [1.807, 2.05) is 24.3 Å². The maximum Gasteiger partial charge on any atom is 0.191 e. The molecular formula is C22H27ClFN3O. The lowest BCUT2D eigenvalue weighted by molar-refractivity contribution is 0.0514. The first kappa shape index (κ1) is 20.6. The average Bonchev–Trinajstić information content (AvgIpc) is 2.71. The molecule has 0 amide bonds. The van der Waals surface area contributed by atoms with Crippen LogP contribution in [0.1, 0.15) is 24.0 Å². The van der Waals surface area contributed by atoms with Gasteiger partial charge >= 0.3 is 0 Å². The lowest BCUT2D eigenvalue weighted by atomic mass is 9.74. The topological polar surface area (TPSA) is 45.7 Å². The third-order valence-electron chi connectivity index (χ3n) is 5.31. The van der Waals surface area contributed by atoms with Gasteiger partial charge in [0.05, 0.1) is 0 Å².